The average Bonchev–Trinajstić information content (AvgIpc) is 2.46. The van der Waals surface area contributed by atoms with E-state index >= 15 is 0 Å². The minimum Gasteiger partial charge on any atom is -0.389 e. The summed E-state index contributed by atoms with van der Waals surface area (Å²) in [6.45, 7) is 1.72. The van der Waals surface area contributed by atoms with Crippen LogP contribution in [0, 0.1) is 11.3 Å². The zero-order valence-corrected chi connectivity index (χ0v) is 10.9. The van der Waals surface area contributed by atoms with Crippen LogP contribution in [-0.2, 0) is 0 Å². The highest BCUT2D eigenvalue weighted by Gasteiger charge is 2.08. The molecule has 0 saturated carbocycles. The zero-order chi connectivity index (χ0) is 13.8. The van der Waals surface area contributed by atoms with E-state index in [9.17, 15) is 5.11 Å². The molecule has 0 saturated heterocycles. The van der Waals surface area contributed by atoms with Gasteiger partial charge in [-0.2, -0.15) is 5.26 Å². The lowest BCUT2D eigenvalue weighted by Crippen LogP contribution is -2.11. The van der Waals surface area contributed by atoms with E-state index in [2.05, 4.69) is 11.1 Å². The summed E-state index contributed by atoms with van der Waals surface area (Å²) in [5.41, 5.74) is 2.39. The first-order valence-corrected chi connectivity index (χ1v) is 5.99. The predicted molar refractivity (Wildman–Crippen MR) is 74.1 cm³/mol. The number of nitrogens with zero attached hydrogens (tertiary/aromatic N) is 3. The molecule has 0 spiro atoms. The molecule has 0 radical (unpaired) electrons. The normalized spacial score (nSPS) is 11.7. The van der Waals surface area contributed by atoms with Gasteiger partial charge in [0.1, 0.15) is 5.82 Å². The van der Waals surface area contributed by atoms with E-state index in [1.807, 2.05) is 30.1 Å². The molecule has 1 atom stereocenters. The van der Waals surface area contributed by atoms with Crippen LogP contribution in [0.4, 0.5) is 11.5 Å². The molecule has 0 aliphatic carbocycles. The van der Waals surface area contributed by atoms with Crippen molar-refractivity contribution in [2.75, 3.05) is 11.9 Å². The Morgan fingerprint density at radius 2 is 1.95 bits per heavy atom. The van der Waals surface area contributed by atoms with Gasteiger partial charge in [0.2, 0.25) is 0 Å². The predicted octanol–water partition coefficient (Wildman–Crippen LogP) is 2.77. The van der Waals surface area contributed by atoms with Crippen LogP contribution in [-0.4, -0.2) is 17.1 Å². The molecule has 0 aliphatic rings. The van der Waals surface area contributed by atoms with Crippen molar-refractivity contribution in [2.24, 2.45) is 0 Å². The second kappa shape index (κ2) is 5.51. The molecule has 1 aromatic heterocycles. The molecule has 1 heterocycles. The third-order valence-electron chi connectivity index (χ3n) is 2.98. The fraction of sp³-hybridized carbons (Fsp3) is 0.200. The molecule has 0 bridgehead atoms. The first-order chi connectivity index (χ1) is 9.11. The van der Waals surface area contributed by atoms with Crippen LogP contribution in [0.25, 0.3) is 0 Å². The highest BCUT2D eigenvalue weighted by molar-refractivity contribution is 5.60. The number of rotatable bonds is 3. The van der Waals surface area contributed by atoms with Gasteiger partial charge in [0.25, 0.3) is 0 Å². The number of anilines is 2. The molecular weight excluding hydrogens is 238 g/mol. The van der Waals surface area contributed by atoms with Gasteiger partial charge in [-0.15, -0.1) is 0 Å². The number of hydrogen-bond donors (Lipinski definition) is 1. The summed E-state index contributed by atoms with van der Waals surface area (Å²) in [6.07, 6.45) is 1.16. The summed E-state index contributed by atoms with van der Waals surface area (Å²) in [7, 11) is 1.90. The second-order valence-electron chi connectivity index (χ2n) is 4.34. The topological polar surface area (TPSA) is 60.2 Å². The van der Waals surface area contributed by atoms with Crippen molar-refractivity contribution in [3.05, 3.63) is 53.7 Å². The Labute approximate surface area is 112 Å². The third kappa shape index (κ3) is 2.90. The van der Waals surface area contributed by atoms with Crippen molar-refractivity contribution in [1.29, 1.82) is 5.26 Å². The molecule has 0 aliphatic heterocycles. The monoisotopic (exact) mass is 253 g/mol. The Balaban J connectivity index is 2.30. The van der Waals surface area contributed by atoms with Crippen LogP contribution in [0.2, 0.25) is 0 Å². The van der Waals surface area contributed by atoms with Crippen LogP contribution in [0.5, 0.6) is 0 Å². The minimum absolute atomic E-state index is 0.517. The highest BCUT2D eigenvalue weighted by Crippen LogP contribution is 2.24. The molecule has 1 aromatic carbocycles. The highest BCUT2D eigenvalue weighted by atomic mass is 16.3. The van der Waals surface area contributed by atoms with Gasteiger partial charge in [0.05, 0.1) is 17.7 Å². The lowest BCUT2D eigenvalue weighted by Gasteiger charge is -2.19. The number of hydrogen-bond acceptors (Lipinski definition) is 4. The molecule has 2 rings (SSSR count). The van der Waals surface area contributed by atoms with Crippen molar-refractivity contribution < 1.29 is 5.11 Å². The largest absolute Gasteiger partial charge is 0.389 e. The van der Waals surface area contributed by atoms with E-state index in [0.717, 1.165) is 17.1 Å². The summed E-state index contributed by atoms with van der Waals surface area (Å²) in [5, 5.41) is 18.4. The van der Waals surface area contributed by atoms with Crippen molar-refractivity contribution in [3.63, 3.8) is 0 Å². The van der Waals surface area contributed by atoms with Gasteiger partial charge >= 0.3 is 0 Å². The van der Waals surface area contributed by atoms with Gasteiger partial charge in [-0.3, -0.25) is 0 Å². The Hall–Kier alpha value is -2.38. The molecule has 0 amide bonds. The summed E-state index contributed by atoms with van der Waals surface area (Å²) in [6, 6.07) is 13.0. The van der Waals surface area contributed by atoms with Crippen molar-refractivity contribution in [2.45, 2.75) is 13.0 Å². The van der Waals surface area contributed by atoms with E-state index in [1.165, 1.54) is 0 Å². The van der Waals surface area contributed by atoms with Crippen LogP contribution < -0.4 is 4.90 Å². The quantitative estimate of drug-likeness (QED) is 0.913. The zero-order valence-electron chi connectivity index (χ0n) is 10.9. The van der Waals surface area contributed by atoms with Gasteiger partial charge < -0.3 is 10.0 Å². The fourth-order valence-corrected chi connectivity index (χ4v) is 1.77. The molecule has 1 N–H and O–H groups in total. The Kier molecular flexibility index (Phi) is 3.79. The summed E-state index contributed by atoms with van der Waals surface area (Å²) in [5.74, 6) is 0.753. The Morgan fingerprint density at radius 3 is 2.53 bits per heavy atom. The van der Waals surface area contributed by atoms with E-state index in [1.54, 1.807) is 31.3 Å². The molecule has 4 nitrogen and oxygen atoms in total. The van der Waals surface area contributed by atoms with Gasteiger partial charge in [-0.25, -0.2) is 4.98 Å². The smallest absolute Gasteiger partial charge is 0.133 e. The number of benzene rings is 1. The summed E-state index contributed by atoms with van der Waals surface area (Å²) < 4.78 is 0. The molecule has 2 aromatic rings. The SMILES string of the molecule is C[C@H](O)c1ccnc(N(C)c2ccc(C#N)cc2)c1. The van der Waals surface area contributed by atoms with Crippen LogP contribution >= 0.6 is 0 Å². The van der Waals surface area contributed by atoms with Crippen LogP contribution in [0.15, 0.2) is 42.6 Å². The third-order valence-corrected chi connectivity index (χ3v) is 2.98. The number of aliphatic hydroxyl groups excluding tert-OH is 1. The fourth-order valence-electron chi connectivity index (χ4n) is 1.77. The molecule has 96 valence electrons. The number of aromatic nitrogens is 1. The van der Waals surface area contributed by atoms with Gasteiger partial charge in [0, 0.05) is 18.9 Å². The Morgan fingerprint density at radius 1 is 1.26 bits per heavy atom. The maximum atomic E-state index is 9.59. The maximum absolute atomic E-state index is 9.59. The standard InChI is InChI=1S/C15H15N3O/c1-11(19)13-7-8-17-15(9-13)18(2)14-5-3-12(10-16)4-6-14/h3-9,11,19H,1-2H3/t11-/m0/s1. The first kappa shape index (κ1) is 13.1. The van der Waals surface area contributed by atoms with Gasteiger partial charge in [-0.05, 0) is 48.9 Å². The van der Waals surface area contributed by atoms with E-state index in [0.29, 0.717) is 5.56 Å². The molecule has 4 heteroatoms. The van der Waals surface area contributed by atoms with E-state index < -0.39 is 6.10 Å². The van der Waals surface area contributed by atoms with E-state index in [-0.39, 0.29) is 0 Å². The number of aliphatic hydroxyl groups is 1. The average molecular weight is 253 g/mol. The Bertz CT molecular complexity index is 600. The minimum atomic E-state index is -0.517. The lowest BCUT2D eigenvalue weighted by atomic mass is 10.1. The molecule has 0 fully saturated rings. The first-order valence-electron chi connectivity index (χ1n) is 5.99. The summed E-state index contributed by atoms with van der Waals surface area (Å²) in [4.78, 5) is 6.20. The molecule has 19 heavy (non-hydrogen) atoms. The van der Waals surface area contributed by atoms with Crippen molar-refractivity contribution >= 4 is 11.5 Å². The molecule has 0 unspecified atom stereocenters. The van der Waals surface area contributed by atoms with Gasteiger partial charge in [0.15, 0.2) is 0 Å². The van der Waals surface area contributed by atoms with E-state index in [4.69, 9.17) is 5.26 Å². The van der Waals surface area contributed by atoms with Crippen LogP contribution in [0.3, 0.4) is 0 Å². The molecular formula is C15H15N3O. The number of nitriles is 1. The van der Waals surface area contributed by atoms with Crippen LogP contribution in [0.1, 0.15) is 24.2 Å². The van der Waals surface area contributed by atoms with Gasteiger partial charge in [-0.1, -0.05) is 0 Å². The second-order valence-corrected chi connectivity index (χ2v) is 4.34. The summed E-state index contributed by atoms with van der Waals surface area (Å²) >= 11 is 0. The maximum Gasteiger partial charge on any atom is 0.133 e. The van der Waals surface area contributed by atoms with Crippen molar-refractivity contribution in [1.82, 2.24) is 4.98 Å². The van der Waals surface area contributed by atoms with Crippen molar-refractivity contribution in [3.8, 4) is 6.07 Å². The number of pyridine rings is 1. The lowest BCUT2D eigenvalue weighted by molar-refractivity contribution is 0.199.